The van der Waals surface area contributed by atoms with Crippen molar-refractivity contribution in [2.45, 2.75) is 18.3 Å². The van der Waals surface area contributed by atoms with E-state index in [-0.39, 0.29) is 0 Å². The first-order chi connectivity index (χ1) is 5.54. The Morgan fingerprint density at radius 1 is 1.58 bits per heavy atom. The Hall–Kier alpha value is -1.27. The van der Waals surface area contributed by atoms with Crippen LogP contribution >= 0.6 is 0 Å². The second-order valence-electron chi connectivity index (χ2n) is 2.35. The topological polar surface area (TPSA) is 110 Å². The molecule has 3 unspecified atom stereocenters. The van der Waals surface area contributed by atoms with E-state index in [2.05, 4.69) is 4.74 Å². The highest BCUT2D eigenvalue weighted by molar-refractivity contribution is 5.73. The maximum atomic E-state index is 10.6. The van der Waals surface area contributed by atoms with Gasteiger partial charge in [-0.1, -0.05) is 5.76 Å². The van der Waals surface area contributed by atoms with Crippen LogP contribution in [-0.2, 0) is 9.53 Å². The Balaban J connectivity index is 2.80. The standard InChI is InChI=1S/C6H8O6/c7-2-1-12-5(6(10)11)4(9)3(2)8/h1,3-5,7-9H,(H,10,11)/p-1. The fraction of sp³-hybridized carbons (Fsp3) is 0.500. The van der Waals surface area contributed by atoms with Crippen LogP contribution in [0.25, 0.3) is 0 Å². The maximum Gasteiger partial charge on any atom is 0.347 e. The average Bonchev–Trinajstić information content (AvgIpc) is 2.00. The van der Waals surface area contributed by atoms with Crippen LogP contribution in [-0.4, -0.2) is 39.6 Å². The quantitative estimate of drug-likeness (QED) is 0.403. The van der Waals surface area contributed by atoms with E-state index in [9.17, 15) is 9.90 Å². The van der Waals surface area contributed by atoms with E-state index in [1.54, 1.807) is 0 Å². The van der Waals surface area contributed by atoms with Gasteiger partial charge in [0, 0.05) is 0 Å². The minimum absolute atomic E-state index is 0.593. The van der Waals surface area contributed by atoms with Crippen molar-refractivity contribution in [3.8, 4) is 0 Å². The van der Waals surface area contributed by atoms with Gasteiger partial charge >= 0.3 is 5.97 Å². The molecular formula is C6H7O6-. The van der Waals surface area contributed by atoms with E-state index >= 15 is 0 Å². The van der Waals surface area contributed by atoms with E-state index < -0.39 is 30.0 Å². The third-order valence-electron chi connectivity index (χ3n) is 1.50. The Morgan fingerprint density at radius 3 is 2.67 bits per heavy atom. The van der Waals surface area contributed by atoms with Gasteiger partial charge in [-0.25, -0.2) is 4.79 Å². The summed E-state index contributed by atoms with van der Waals surface area (Å²) in [5.74, 6) is -2.26. The molecule has 12 heavy (non-hydrogen) atoms. The molecule has 1 aliphatic rings. The molecule has 0 aromatic carbocycles. The lowest BCUT2D eigenvalue weighted by molar-refractivity contribution is -0.335. The second kappa shape index (κ2) is 3.00. The molecule has 1 heterocycles. The lowest BCUT2D eigenvalue weighted by atomic mass is 10.1. The third kappa shape index (κ3) is 1.34. The van der Waals surface area contributed by atoms with Gasteiger partial charge in [-0.2, -0.15) is 0 Å². The largest absolute Gasteiger partial charge is 0.872 e. The average molecular weight is 175 g/mol. The SMILES string of the molecule is O=C(O)C1OC=C([O-])C(O)C1O. The van der Waals surface area contributed by atoms with Gasteiger partial charge in [-0.15, -0.1) is 0 Å². The molecule has 68 valence electrons. The molecule has 1 rings (SSSR count). The molecule has 3 N–H and O–H groups in total. The number of ether oxygens (including phenoxy) is 1. The lowest BCUT2D eigenvalue weighted by Gasteiger charge is -2.32. The molecule has 0 fully saturated rings. The van der Waals surface area contributed by atoms with E-state index in [4.69, 9.17) is 15.3 Å². The Labute approximate surface area is 67.3 Å². The number of carbonyl (C=O) groups is 1. The van der Waals surface area contributed by atoms with Crippen LogP contribution in [0.4, 0.5) is 0 Å². The highest BCUT2D eigenvalue weighted by Gasteiger charge is 2.35. The number of rotatable bonds is 1. The smallest absolute Gasteiger partial charge is 0.347 e. The molecule has 0 spiro atoms. The van der Waals surface area contributed by atoms with Crippen molar-refractivity contribution >= 4 is 5.97 Å². The summed E-state index contributed by atoms with van der Waals surface area (Å²) in [6.45, 7) is 0. The van der Waals surface area contributed by atoms with Crippen molar-refractivity contribution in [2.24, 2.45) is 0 Å². The number of hydrogen-bond acceptors (Lipinski definition) is 5. The number of aliphatic hydroxyl groups is 2. The molecule has 0 aromatic rings. The lowest BCUT2D eigenvalue weighted by Crippen LogP contribution is -2.49. The van der Waals surface area contributed by atoms with Gasteiger partial charge in [0.2, 0.25) is 6.10 Å². The number of hydrogen-bond donors (Lipinski definition) is 3. The third-order valence-corrected chi connectivity index (χ3v) is 1.50. The van der Waals surface area contributed by atoms with E-state index in [1.165, 1.54) is 0 Å². The predicted octanol–water partition coefficient (Wildman–Crippen LogP) is -2.61. The van der Waals surface area contributed by atoms with Crippen molar-refractivity contribution in [1.29, 1.82) is 0 Å². The van der Waals surface area contributed by atoms with Gasteiger partial charge in [-0.05, 0) is 0 Å². The van der Waals surface area contributed by atoms with Crippen LogP contribution in [0.5, 0.6) is 0 Å². The number of aliphatic hydroxyl groups excluding tert-OH is 2. The first-order valence-corrected chi connectivity index (χ1v) is 3.15. The van der Waals surface area contributed by atoms with Crippen LogP contribution in [0, 0.1) is 0 Å². The maximum absolute atomic E-state index is 10.6. The molecule has 0 radical (unpaired) electrons. The summed E-state index contributed by atoms with van der Waals surface area (Å²) < 4.78 is 4.35. The number of carboxylic acid groups (broad SMARTS) is 1. The first-order valence-electron chi connectivity index (χ1n) is 3.15. The summed E-state index contributed by atoms with van der Waals surface area (Å²) in [5.41, 5.74) is 0. The van der Waals surface area contributed by atoms with Crippen molar-refractivity contribution in [1.82, 2.24) is 0 Å². The highest BCUT2D eigenvalue weighted by Crippen LogP contribution is 2.15. The fourth-order valence-corrected chi connectivity index (χ4v) is 0.829. The minimum Gasteiger partial charge on any atom is -0.872 e. The molecule has 0 saturated heterocycles. The molecule has 0 amide bonds. The zero-order valence-electron chi connectivity index (χ0n) is 5.88. The van der Waals surface area contributed by atoms with Crippen LogP contribution in [0.1, 0.15) is 0 Å². The van der Waals surface area contributed by atoms with Gasteiger partial charge in [0.1, 0.15) is 6.10 Å². The Kier molecular flexibility index (Phi) is 2.20. The first kappa shape index (κ1) is 8.82. The Morgan fingerprint density at radius 2 is 2.17 bits per heavy atom. The van der Waals surface area contributed by atoms with Gasteiger partial charge in [0.05, 0.1) is 12.4 Å². The van der Waals surface area contributed by atoms with Crippen molar-refractivity contribution in [3.63, 3.8) is 0 Å². The fourth-order valence-electron chi connectivity index (χ4n) is 0.829. The van der Waals surface area contributed by atoms with Crippen LogP contribution < -0.4 is 5.11 Å². The zero-order valence-corrected chi connectivity index (χ0v) is 5.88. The molecule has 0 aromatic heterocycles. The predicted molar refractivity (Wildman–Crippen MR) is 32.6 cm³/mol. The summed E-state index contributed by atoms with van der Waals surface area (Å²) in [6, 6.07) is 0. The molecule has 1 aliphatic heterocycles. The molecule has 0 bridgehead atoms. The minimum atomic E-state index is -1.71. The summed E-state index contributed by atoms with van der Waals surface area (Å²) >= 11 is 0. The monoisotopic (exact) mass is 175 g/mol. The van der Waals surface area contributed by atoms with Gasteiger partial charge in [0.15, 0.2) is 0 Å². The summed E-state index contributed by atoms with van der Waals surface area (Å²) in [4.78, 5) is 10.3. The normalized spacial score (nSPS) is 35.2. The van der Waals surface area contributed by atoms with Crippen molar-refractivity contribution in [3.05, 3.63) is 12.0 Å². The van der Waals surface area contributed by atoms with Gasteiger partial charge in [0.25, 0.3) is 0 Å². The number of aliphatic carboxylic acids is 1. The summed E-state index contributed by atoms with van der Waals surface area (Å²) in [7, 11) is 0. The molecule has 6 heteroatoms. The van der Waals surface area contributed by atoms with Crippen LogP contribution in [0.15, 0.2) is 12.0 Å². The van der Waals surface area contributed by atoms with Gasteiger partial charge in [-0.3, -0.25) is 0 Å². The van der Waals surface area contributed by atoms with E-state index in [0.29, 0.717) is 6.26 Å². The molecule has 6 nitrogen and oxygen atoms in total. The highest BCUT2D eigenvalue weighted by atomic mass is 16.5. The summed E-state index contributed by atoms with van der Waals surface area (Å²) in [6.07, 6.45) is -4.39. The van der Waals surface area contributed by atoms with Crippen LogP contribution in [0.2, 0.25) is 0 Å². The summed E-state index contributed by atoms with van der Waals surface area (Å²) in [5, 5.41) is 36.8. The van der Waals surface area contributed by atoms with Crippen molar-refractivity contribution in [2.75, 3.05) is 0 Å². The van der Waals surface area contributed by atoms with Crippen LogP contribution in [0.3, 0.4) is 0 Å². The van der Waals surface area contributed by atoms with Gasteiger partial charge < -0.3 is 25.2 Å². The molecular weight excluding hydrogens is 168 g/mol. The zero-order chi connectivity index (χ0) is 9.30. The molecule has 3 atom stereocenters. The second-order valence-corrected chi connectivity index (χ2v) is 2.35. The number of carboxylic acids is 1. The Bertz CT molecular complexity index is 222. The van der Waals surface area contributed by atoms with Crippen molar-refractivity contribution < 1.29 is 30.0 Å². The molecule has 0 saturated carbocycles. The molecule has 0 aliphatic carbocycles. The van der Waals surface area contributed by atoms with E-state index in [0.717, 1.165) is 0 Å². The van der Waals surface area contributed by atoms with E-state index in [1.807, 2.05) is 0 Å².